The number of ether oxygens (including phenoxy) is 2. The molecule has 6 heteroatoms. The largest absolute Gasteiger partial charge is 0.467 e. The van der Waals surface area contributed by atoms with Crippen LogP contribution in [0.1, 0.15) is 32.4 Å². The van der Waals surface area contributed by atoms with Gasteiger partial charge in [0, 0.05) is 4.47 Å². The van der Waals surface area contributed by atoms with E-state index in [9.17, 15) is 9.59 Å². The molecule has 1 N–H and O–H groups in total. The lowest BCUT2D eigenvalue weighted by atomic mass is 10.1. The summed E-state index contributed by atoms with van der Waals surface area (Å²) in [7, 11) is 1.27. The number of nitrogens with one attached hydrogen (secondary N) is 1. The highest BCUT2D eigenvalue weighted by molar-refractivity contribution is 9.10. The SMILES string of the molecule is COC(=O)[C@H](NC(=O)OC(C)(C)C)c1ccc(Br)cc1. The Kier molecular flexibility index (Phi) is 5.56. The van der Waals surface area contributed by atoms with Gasteiger partial charge in [-0.15, -0.1) is 0 Å². The summed E-state index contributed by atoms with van der Waals surface area (Å²) in [5.41, 5.74) is -0.0179. The zero-order chi connectivity index (χ0) is 15.3. The number of alkyl carbamates (subject to hydrolysis) is 1. The highest BCUT2D eigenvalue weighted by atomic mass is 79.9. The quantitative estimate of drug-likeness (QED) is 0.856. The number of methoxy groups -OCH3 is 1. The van der Waals surface area contributed by atoms with Gasteiger partial charge in [-0.3, -0.25) is 0 Å². The van der Waals surface area contributed by atoms with Crippen molar-refractivity contribution in [3.05, 3.63) is 34.3 Å². The van der Waals surface area contributed by atoms with Crippen molar-refractivity contribution in [2.45, 2.75) is 32.4 Å². The minimum atomic E-state index is -0.900. The van der Waals surface area contributed by atoms with Crippen LogP contribution in [-0.4, -0.2) is 24.8 Å². The molecular weight excluding hydrogens is 326 g/mol. The van der Waals surface area contributed by atoms with Crippen LogP contribution in [0.2, 0.25) is 0 Å². The van der Waals surface area contributed by atoms with Crippen LogP contribution in [0.25, 0.3) is 0 Å². The maximum absolute atomic E-state index is 11.8. The van der Waals surface area contributed by atoms with Gasteiger partial charge < -0.3 is 14.8 Å². The van der Waals surface area contributed by atoms with E-state index in [4.69, 9.17) is 9.47 Å². The maximum atomic E-state index is 11.8. The van der Waals surface area contributed by atoms with E-state index in [2.05, 4.69) is 21.2 Å². The molecule has 0 spiro atoms. The van der Waals surface area contributed by atoms with E-state index in [-0.39, 0.29) is 0 Å². The molecule has 0 fully saturated rings. The van der Waals surface area contributed by atoms with Gasteiger partial charge in [0.1, 0.15) is 5.60 Å². The van der Waals surface area contributed by atoms with Gasteiger partial charge in [-0.25, -0.2) is 9.59 Å². The van der Waals surface area contributed by atoms with E-state index in [1.165, 1.54) is 7.11 Å². The van der Waals surface area contributed by atoms with Crippen molar-refractivity contribution in [2.75, 3.05) is 7.11 Å². The van der Waals surface area contributed by atoms with Crippen LogP contribution in [0.15, 0.2) is 28.7 Å². The fraction of sp³-hybridized carbons (Fsp3) is 0.429. The number of carbonyl (C=O) groups excluding carboxylic acids is 2. The predicted octanol–water partition coefficient (Wildman–Crippen LogP) is 3.19. The predicted molar refractivity (Wildman–Crippen MR) is 78.3 cm³/mol. The number of halogens is 1. The summed E-state index contributed by atoms with van der Waals surface area (Å²) in [6.45, 7) is 5.25. The van der Waals surface area contributed by atoms with E-state index in [0.717, 1.165) is 4.47 Å². The number of esters is 1. The number of hydrogen-bond acceptors (Lipinski definition) is 4. The van der Waals surface area contributed by atoms with Crippen molar-refractivity contribution in [3.8, 4) is 0 Å². The lowest BCUT2D eigenvalue weighted by Gasteiger charge is -2.22. The summed E-state index contributed by atoms with van der Waals surface area (Å²) in [5, 5.41) is 2.51. The van der Waals surface area contributed by atoms with Crippen molar-refractivity contribution in [1.29, 1.82) is 0 Å². The van der Waals surface area contributed by atoms with Gasteiger partial charge in [-0.1, -0.05) is 28.1 Å². The van der Waals surface area contributed by atoms with Crippen LogP contribution in [0.5, 0.6) is 0 Å². The first kappa shape index (κ1) is 16.5. The van der Waals surface area contributed by atoms with Crippen LogP contribution in [0, 0.1) is 0 Å². The van der Waals surface area contributed by atoms with E-state index in [1.54, 1.807) is 45.0 Å². The molecule has 1 aromatic carbocycles. The van der Waals surface area contributed by atoms with Crippen LogP contribution in [0.4, 0.5) is 4.79 Å². The van der Waals surface area contributed by atoms with Crippen LogP contribution in [0.3, 0.4) is 0 Å². The van der Waals surface area contributed by atoms with Gasteiger partial charge in [-0.2, -0.15) is 0 Å². The highest BCUT2D eigenvalue weighted by Crippen LogP contribution is 2.19. The summed E-state index contributed by atoms with van der Waals surface area (Å²) in [6, 6.07) is 6.11. The molecule has 0 aromatic heterocycles. The first-order chi connectivity index (χ1) is 9.23. The number of amides is 1. The summed E-state index contributed by atoms with van der Waals surface area (Å²) in [5.74, 6) is -0.557. The third-order valence-electron chi connectivity index (χ3n) is 2.30. The lowest BCUT2D eigenvalue weighted by Crippen LogP contribution is -2.38. The Balaban J connectivity index is 2.88. The fourth-order valence-corrected chi connectivity index (χ4v) is 1.74. The van der Waals surface area contributed by atoms with Gasteiger partial charge in [0.2, 0.25) is 0 Å². The van der Waals surface area contributed by atoms with E-state index < -0.39 is 23.7 Å². The second-order valence-electron chi connectivity index (χ2n) is 5.15. The number of carbonyl (C=O) groups is 2. The molecule has 0 aliphatic carbocycles. The number of rotatable bonds is 3. The molecule has 1 atom stereocenters. The van der Waals surface area contributed by atoms with Crippen LogP contribution < -0.4 is 5.32 Å². The smallest absolute Gasteiger partial charge is 0.408 e. The molecule has 1 amide bonds. The molecule has 0 radical (unpaired) electrons. The molecule has 20 heavy (non-hydrogen) atoms. The minimum Gasteiger partial charge on any atom is -0.467 e. The molecule has 0 bridgehead atoms. The Morgan fingerprint density at radius 3 is 2.20 bits per heavy atom. The van der Waals surface area contributed by atoms with Crippen LogP contribution >= 0.6 is 15.9 Å². The topological polar surface area (TPSA) is 64.6 Å². The molecule has 0 aliphatic heterocycles. The Morgan fingerprint density at radius 2 is 1.75 bits per heavy atom. The molecule has 5 nitrogen and oxygen atoms in total. The van der Waals surface area contributed by atoms with Crippen molar-refractivity contribution in [2.24, 2.45) is 0 Å². The average Bonchev–Trinajstić information content (AvgIpc) is 2.34. The molecule has 0 unspecified atom stereocenters. The van der Waals surface area contributed by atoms with Crippen molar-refractivity contribution in [1.82, 2.24) is 5.32 Å². The maximum Gasteiger partial charge on any atom is 0.408 e. The number of hydrogen-bond donors (Lipinski definition) is 1. The van der Waals surface area contributed by atoms with Crippen molar-refractivity contribution >= 4 is 28.0 Å². The summed E-state index contributed by atoms with van der Waals surface area (Å²) < 4.78 is 10.7. The first-order valence-corrected chi connectivity index (χ1v) is 6.85. The van der Waals surface area contributed by atoms with E-state index in [0.29, 0.717) is 5.56 Å². The Morgan fingerprint density at radius 1 is 1.20 bits per heavy atom. The van der Waals surface area contributed by atoms with Gasteiger partial charge >= 0.3 is 12.1 Å². The van der Waals surface area contributed by atoms with E-state index >= 15 is 0 Å². The fourth-order valence-electron chi connectivity index (χ4n) is 1.48. The highest BCUT2D eigenvalue weighted by Gasteiger charge is 2.26. The summed E-state index contributed by atoms with van der Waals surface area (Å²) in [4.78, 5) is 23.6. The summed E-state index contributed by atoms with van der Waals surface area (Å²) in [6.07, 6.45) is -0.671. The third kappa shape index (κ3) is 5.21. The second kappa shape index (κ2) is 6.74. The van der Waals surface area contributed by atoms with Crippen molar-refractivity contribution < 1.29 is 19.1 Å². The van der Waals surface area contributed by atoms with Gasteiger partial charge in [-0.05, 0) is 38.5 Å². The Hall–Kier alpha value is -1.56. The lowest BCUT2D eigenvalue weighted by molar-refractivity contribution is -0.143. The van der Waals surface area contributed by atoms with Crippen LogP contribution in [-0.2, 0) is 14.3 Å². The minimum absolute atomic E-state index is 0.557. The molecule has 1 rings (SSSR count). The molecule has 1 aromatic rings. The number of benzene rings is 1. The van der Waals surface area contributed by atoms with Crippen molar-refractivity contribution in [3.63, 3.8) is 0 Å². The van der Waals surface area contributed by atoms with E-state index in [1.807, 2.05) is 0 Å². The van der Waals surface area contributed by atoms with Gasteiger partial charge in [0.05, 0.1) is 7.11 Å². The molecule has 110 valence electrons. The zero-order valence-corrected chi connectivity index (χ0v) is 13.5. The Labute approximate surface area is 126 Å². The Bertz CT molecular complexity index is 479. The third-order valence-corrected chi connectivity index (χ3v) is 2.83. The summed E-state index contributed by atoms with van der Waals surface area (Å²) >= 11 is 3.31. The molecule has 0 heterocycles. The standard InChI is InChI=1S/C14H18BrNO4/c1-14(2,3)20-13(18)16-11(12(17)19-4)9-5-7-10(15)8-6-9/h5-8,11H,1-4H3,(H,16,18)/t11-/m1/s1. The molecular formula is C14H18BrNO4. The monoisotopic (exact) mass is 343 g/mol. The first-order valence-electron chi connectivity index (χ1n) is 6.06. The average molecular weight is 344 g/mol. The molecule has 0 aliphatic rings. The second-order valence-corrected chi connectivity index (χ2v) is 6.07. The zero-order valence-electron chi connectivity index (χ0n) is 11.9. The molecule has 0 saturated heterocycles. The van der Waals surface area contributed by atoms with Gasteiger partial charge in [0.15, 0.2) is 6.04 Å². The molecule has 0 saturated carbocycles. The normalized spacial score (nSPS) is 12.4. The van der Waals surface area contributed by atoms with Gasteiger partial charge in [0.25, 0.3) is 0 Å².